The molecule has 2 aromatic rings. The Morgan fingerprint density at radius 2 is 2.00 bits per heavy atom. The number of aromatic hydroxyl groups is 1. The number of ether oxygens (including phenoxy) is 3. The first kappa shape index (κ1) is 14.5. The van der Waals surface area contributed by atoms with Crippen molar-refractivity contribution in [1.82, 2.24) is 4.90 Å². The van der Waals surface area contributed by atoms with Crippen LogP contribution in [0, 0.1) is 0 Å². The molecule has 0 bridgehead atoms. The molecular weight excluding hydrogens is 322 g/mol. The molecule has 2 aromatic carbocycles. The summed E-state index contributed by atoms with van der Waals surface area (Å²) in [7, 11) is 1.55. The molecule has 5 rings (SSSR count). The fourth-order valence-electron chi connectivity index (χ4n) is 3.84. The van der Waals surface area contributed by atoms with Crippen LogP contribution in [0.1, 0.15) is 28.4 Å². The highest BCUT2D eigenvalue weighted by Crippen LogP contribution is 2.47. The first-order valence-corrected chi connectivity index (χ1v) is 8.13. The van der Waals surface area contributed by atoms with Crippen LogP contribution in [0.4, 0.5) is 0 Å². The van der Waals surface area contributed by atoms with Crippen molar-refractivity contribution < 1.29 is 24.4 Å². The minimum absolute atomic E-state index is 0.124. The number of phenolic OH excluding ortho intramolecular Hbond substituents is 1. The zero-order chi connectivity index (χ0) is 17.1. The molecule has 1 atom stereocenters. The maximum Gasteiger partial charge on any atom is 0.231 e. The van der Waals surface area contributed by atoms with Gasteiger partial charge in [-0.05, 0) is 35.4 Å². The maximum absolute atomic E-state index is 10.6. The second kappa shape index (κ2) is 5.07. The average molecular weight is 339 g/mol. The van der Waals surface area contributed by atoms with Gasteiger partial charge in [0, 0.05) is 29.9 Å². The molecule has 0 radical (unpaired) electrons. The van der Waals surface area contributed by atoms with Gasteiger partial charge in [0.05, 0.1) is 13.2 Å². The topological polar surface area (TPSA) is 71.4 Å². The van der Waals surface area contributed by atoms with Crippen LogP contribution in [0.25, 0.3) is 11.8 Å². The number of nitrogens with zero attached hydrogens (tertiary/aromatic N) is 1. The van der Waals surface area contributed by atoms with E-state index in [0.29, 0.717) is 30.3 Å². The predicted octanol–water partition coefficient (Wildman–Crippen LogP) is 2.49. The third-order valence-corrected chi connectivity index (χ3v) is 5.03. The summed E-state index contributed by atoms with van der Waals surface area (Å²) in [6.45, 7) is 1.23. The standard InChI is InChI=1S/C19H17NO5/c1-23-19-13-7-20-8-16(22)12-6-18-17(24-9-25-18)5-11(12)14(20)4-10(13)2-3-15(19)21/h2-6,16,21-22H,7-9H2,1H3. The highest BCUT2D eigenvalue weighted by molar-refractivity contribution is 5.87. The molecule has 128 valence electrons. The summed E-state index contributed by atoms with van der Waals surface area (Å²) in [5.41, 5.74) is 4.74. The number of aliphatic hydroxyl groups is 1. The van der Waals surface area contributed by atoms with E-state index < -0.39 is 6.10 Å². The average Bonchev–Trinajstić information content (AvgIpc) is 3.07. The SMILES string of the molecule is COc1c(O)ccc2c1CN1CC(O)c3cc4c(cc3C1=C2)OCO4. The molecule has 0 saturated heterocycles. The van der Waals surface area contributed by atoms with Crippen molar-refractivity contribution in [3.8, 4) is 23.0 Å². The van der Waals surface area contributed by atoms with Crippen molar-refractivity contribution in [2.45, 2.75) is 12.6 Å². The Morgan fingerprint density at radius 1 is 1.20 bits per heavy atom. The summed E-state index contributed by atoms with van der Waals surface area (Å²) in [5, 5.41) is 20.6. The molecular formula is C19H17NO5. The molecule has 6 heteroatoms. The summed E-state index contributed by atoms with van der Waals surface area (Å²) >= 11 is 0. The first-order valence-electron chi connectivity index (χ1n) is 8.13. The van der Waals surface area contributed by atoms with Crippen LogP contribution in [-0.2, 0) is 6.54 Å². The lowest BCUT2D eigenvalue weighted by Crippen LogP contribution is -2.34. The number of phenols is 1. The van der Waals surface area contributed by atoms with E-state index in [9.17, 15) is 10.2 Å². The molecule has 0 aliphatic carbocycles. The van der Waals surface area contributed by atoms with E-state index in [-0.39, 0.29) is 12.5 Å². The van der Waals surface area contributed by atoms with Gasteiger partial charge < -0.3 is 29.3 Å². The van der Waals surface area contributed by atoms with E-state index in [2.05, 4.69) is 11.0 Å². The number of rotatable bonds is 1. The first-order chi connectivity index (χ1) is 12.2. The van der Waals surface area contributed by atoms with Gasteiger partial charge in [-0.3, -0.25) is 0 Å². The minimum atomic E-state index is -0.619. The fourth-order valence-corrected chi connectivity index (χ4v) is 3.84. The lowest BCUT2D eigenvalue weighted by atomic mass is 9.89. The summed E-state index contributed by atoms with van der Waals surface area (Å²) < 4.78 is 16.3. The van der Waals surface area contributed by atoms with E-state index in [1.807, 2.05) is 18.2 Å². The molecule has 6 nitrogen and oxygen atoms in total. The van der Waals surface area contributed by atoms with E-state index in [4.69, 9.17) is 14.2 Å². The second-order valence-electron chi connectivity index (χ2n) is 6.40. The molecule has 25 heavy (non-hydrogen) atoms. The van der Waals surface area contributed by atoms with Gasteiger partial charge >= 0.3 is 0 Å². The molecule has 1 unspecified atom stereocenters. The van der Waals surface area contributed by atoms with Gasteiger partial charge in [-0.15, -0.1) is 0 Å². The van der Waals surface area contributed by atoms with Crippen molar-refractivity contribution in [1.29, 1.82) is 0 Å². The molecule has 0 spiro atoms. The summed E-state index contributed by atoms with van der Waals surface area (Å²) in [6, 6.07) is 7.33. The van der Waals surface area contributed by atoms with Crippen molar-refractivity contribution >= 4 is 11.8 Å². The third kappa shape index (κ3) is 2.01. The predicted molar refractivity (Wildman–Crippen MR) is 90.5 cm³/mol. The van der Waals surface area contributed by atoms with E-state index in [1.165, 1.54) is 0 Å². The van der Waals surface area contributed by atoms with Gasteiger partial charge in [0.2, 0.25) is 6.79 Å². The zero-order valence-electron chi connectivity index (χ0n) is 13.7. The summed E-state index contributed by atoms with van der Waals surface area (Å²) in [4.78, 5) is 2.10. The lowest BCUT2D eigenvalue weighted by Gasteiger charge is -2.39. The quantitative estimate of drug-likeness (QED) is 0.832. The molecule has 0 fully saturated rings. The Balaban J connectivity index is 1.70. The van der Waals surface area contributed by atoms with Crippen molar-refractivity contribution in [3.63, 3.8) is 0 Å². The van der Waals surface area contributed by atoms with Crippen molar-refractivity contribution in [3.05, 3.63) is 46.5 Å². The van der Waals surface area contributed by atoms with Gasteiger partial charge in [-0.2, -0.15) is 0 Å². The van der Waals surface area contributed by atoms with Crippen LogP contribution >= 0.6 is 0 Å². The highest BCUT2D eigenvalue weighted by atomic mass is 16.7. The largest absolute Gasteiger partial charge is 0.504 e. The van der Waals surface area contributed by atoms with E-state index >= 15 is 0 Å². The number of benzene rings is 2. The lowest BCUT2D eigenvalue weighted by molar-refractivity contribution is 0.128. The van der Waals surface area contributed by atoms with Crippen molar-refractivity contribution in [2.75, 3.05) is 20.4 Å². The van der Waals surface area contributed by atoms with Gasteiger partial charge in [0.15, 0.2) is 23.0 Å². The molecule has 2 N–H and O–H groups in total. The number of hydrogen-bond acceptors (Lipinski definition) is 6. The van der Waals surface area contributed by atoms with Crippen LogP contribution in [-0.4, -0.2) is 35.6 Å². The van der Waals surface area contributed by atoms with Crippen LogP contribution in [0.3, 0.4) is 0 Å². The number of hydrogen-bond donors (Lipinski definition) is 2. The Labute approximate surface area is 144 Å². The van der Waals surface area contributed by atoms with Crippen LogP contribution < -0.4 is 14.2 Å². The number of aliphatic hydroxyl groups excluding tert-OH is 1. The highest BCUT2D eigenvalue weighted by Gasteiger charge is 2.33. The van der Waals surface area contributed by atoms with Crippen LogP contribution in [0.2, 0.25) is 0 Å². The number of fused-ring (bicyclic) bond motifs is 5. The molecule has 3 aliphatic rings. The normalized spacial score (nSPS) is 19.7. The van der Waals surface area contributed by atoms with Gasteiger partial charge in [-0.25, -0.2) is 0 Å². The van der Waals surface area contributed by atoms with E-state index in [1.54, 1.807) is 13.2 Å². The van der Waals surface area contributed by atoms with Crippen LogP contribution in [0.15, 0.2) is 24.3 Å². The zero-order valence-corrected chi connectivity index (χ0v) is 13.7. The third-order valence-electron chi connectivity index (χ3n) is 5.03. The summed E-state index contributed by atoms with van der Waals surface area (Å²) in [6.07, 6.45) is 1.44. The second-order valence-corrected chi connectivity index (χ2v) is 6.40. The monoisotopic (exact) mass is 339 g/mol. The summed E-state index contributed by atoms with van der Waals surface area (Å²) in [5.74, 6) is 1.98. The molecule has 3 heterocycles. The van der Waals surface area contributed by atoms with Gasteiger partial charge in [0.25, 0.3) is 0 Å². The Kier molecular flexibility index (Phi) is 2.93. The van der Waals surface area contributed by atoms with Crippen molar-refractivity contribution in [2.24, 2.45) is 0 Å². The Hall–Kier alpha value is -2.86. The van der Waals surface area contributed by atoms with Crippen LogP contribution in [0.5, 0.6) is 23.0 Å². The fraction of sp³-hybridized carbons (Fsp3) is 0.263. The molecule has 0 saturated carbocycles. The Bertz CT molecular complexity index is 921. The van der Waals surface area contributed by atoms with Gasteiger partial charge in [0.1, 0.15) is 0 Å². The molecule has 0 amide bonds. The maximum atomic E-state index is 10.6. The molecule has 3 aliphatic heterocycles. The smallest absolute Gasteiger partial charge is 0.231 e. The van der Waals surface area contributed by atoms with E-state index in [0.717, 1.165) is 28.0 Å². The van der Waals surface area contributed by atoms with Gasteiger partial charge in [-0.1, -0.05) is 6.07 Å². The Morgan fingerprint density at radius 3 is 2.80 bits per heavy atom. The number of methoxy groups -OCH3 is 1. The molecule has 0 aromatic heterocycles. The minimum Gasteiger partial charge on any atom is -0.504 e.